The lowest BCUT2D eigenvalue weighted by Crippen LogP contribution is -2.42. The van der Waals surface area contributed by atoms with Gasteiger partial charge in [0.1, 0.15) is 0 Å². The van der Waals surface area contributed by atoms with E-state index >= 15 is 0 Å². The van der Waals surface area contributed by atoms with Crippen LogP contribution in [0.4, 0.5) is 13.2 Å². The number of hydrogen-bond acceptors (Lipinski definition) is 4. The smallest absolute Gasteiger partial charge is 0.401 e. The zero-order chi connectivity index (χ0) is 15.2. The Morgan fingerprint density at radius 1 is 1.45 bits per heavy atom. The number of carboxylic acid groups (broad SMARTS) is 1. The summed E-state index contributed by atoms with van der Waals surface area (Å²) >= 11 is 0. The number of likely N-dealkylation sites (N-methyl/N-ethyl adjacent to an activating group) is 1. The lowest BCUT2D eigenvalue weighted by Gasteiger charge is -2.28. The van der Waals surface area contributed by atoms with Crippen molar-refractivity contribution in [2.75, 3.05) is 46.4 Å². The fourth-order valence-corrected chi connectivity index (χ4v) is 2.25. The second-order valence-corrected chi connectivity index (χ2v) is 5.13. The Bertz CT molecular complexity index is 318. The van der Waals surface area contributed by atoms with Crippen LogP contribution in [0.25, 0.3) is 0 Å². The van der Waals surface area contributed by atoms with Crippen molar-refractivity contribution >= 4 is 5.97 Å². The second kappa shape index (κ2) is 7.24. The van der Waals surface area contributed by atoms with Crippen LogP contribution in [-0.4, -0.2) is 68.6 Å². The number of ether oxygens (including phenoxy) is 1. The van der Waals surface area contributed by atoms with Crippen LogP contribution < -0.4 is 5.32 Å². The van der Waals surface area contributed by atoms with Crippen molar-refractivity contribution in [2.45, 2.75) is 19.0 Å². The molecule has 20 heavy (non-hydrogen) atoms. The van der Waals surface area contributed by atoms with E-state index in [1.807, 2.05) is 0 Å². The van der Waals surface area contributed by atoms with Gasteiger partial charge < -0.3 is 15.2 Å². The van der Waals surface area contributed by atoms with Gasteiger partial charge in [-0.05, 0) is 26.4 Å². The van der Waals surface area contributed by atoms with Crippen molar-refractivity contribution in [2.24, 2.45) is 5.41 Å². The Labute approximate surface area is 116 Å². The van der Waals surface area contributed by atoms with E-state index in [-0.39, 0.29) is 26.1 Å². The van der Waals surface area contributed by atoms with Gasteiger partial charge in [-0.3, -0.25) is 9.69 Å². The van der Waals surface area contributed by atoms with Gasteiger partial charge in [0.05, 0.1) is 18.6 Å². The minimum atomic E-state index is -4.28. The summed E-state index contributed by atoms with van der Waals surface area (Å²) in [6, 6.07) is 0. The molecule has 1 saturated heterocycles. The predicted molar refractivity (Wildman–Crippen MR) is 66.5 cm³/mol. The molecule has 0 spiro atoms. The maximum Gasteiger partial charge on any atom is 0.401 e. The van der Waals surface area contributed by atoms with E-state index in [1.165, 1.54) is 4.90 Å². The molecule has 0 aromatic heterocycles. The minimum Gasteiger partial charge on any atom is -0.481 e. The van der Waals surface area contributed by atoms with Gasteiger partial charge in [0.25, 0.3) is 0 Å². The number of nitrogens with zero attached hydrogens (tertiary/aromatic N) is 1. The lowest BCUT2D eigenvalue weighted by molar-refractivity contribution is -0.152. The van der Waals surface area contributed by atoms with Crippen LogP contribution in [0, 0.1) is 5.41 Å². The molecule has 1 atom stereocenters. The number of aliphatic carboxylic acids is 1. The van der Waals surface area contributed by atoms with E-state index in [1.54, 1.807) is 7.05 Å². The zero-order valence-electron chi connectivity index (χ0n) is 11.5. The SMILES string of the molecule is CNCCN(CCC1(C(=O)O)CCOC1)CC(F)(F)F. The Kier molecular flexibility index (Phi) is 6.22. The van der Waals surface area contributed by atoms with E-state index < -0.39 is 24.1 Å². The summed E-state index contributed by atoms with van der Waals surface area (Å²) in [5.74, 6) is -0.990. The molecular formula is C12H21F3N2O3. The number of alkyl halides is 3. The predicted octanol–water partition coefficient (Wildman–Crippen LogP) is 0.952. The van der Waals surface area contributed by atoms with Gasteiger partial charge >= 0.3 is 12.1 Å². The first-order valence-corrected chi connectivity index (χ1v) is 6.54. The monoisotopic (exact) mass is 298 g/mol. The van der Waals surface area contributed by atoms with Crippen LogP contribution in [0.2, 0.25) is 0 Å². The van der Waals surface area contributed by atoms with E-state index in [2.05, 4.69) is 5.32 Å². The maximum atomic E-state index is 12.5. The molecule has 1 heterocycles. The molecule has 118 valence electrons. The summed E-state index contributed by atoms with van der Waals surface area (Å²) in [5, 5.41) is 12.0. The normalized spacial score (nSPS) is 23.4. The number of rotatable bonds is 8. The van der Waals surface area contributed by atoms with Crippen LogP contribution in [0.5, 0.6) is 0 Å². The van der Waals surface area contributed by atoms with Crippen molar-refractivity contribution < 1.29 is 27.8 Å². The van der Waals surface area contributed by atoms with Gasteiger partial charge in [0, 0.05) is 19.7 Å². The summed E-state index contributed by atoms with van der Waals surface area (Å²) < 4.78 is 42.6. The third-order valence-corrected chi connectivity index (χ3v) is 3.54. The van der Waals surface area contributed by atoms with Crippen LogP contribution in [-0.2, 0) is 9.53 Å². The summed E-state index contributed by atoms with van der Waals surface area (Å²) in [6.45, 7) is 0.150. The van der Waals surface area contributed by atoms with Gasteiger partial charge in [-0.2, -0.15) is 13.2 Å². The molecule has 8 heteroatoms. The van der Waals surface area contributed by atoms with Crippen molar-refractivity contribution in [3.05, 3.63) is 0 Å². The number of carboxylic acids is 1. The molecule has 0 bridgehead atoms. The standard InChI is InChI=1S/C12H21F3N2O3/c1-16-4-6-17(8-12(13,14)15)5-2-11(10(18)19)3-7-20-9-11/h16H,2-9H2,1H3,(H,18,19). The first-order chi connectivity index (χ1) is 9.29. The van der Waals surface area contributed by atoms with Gasteiger partial charge in [-0.25, -0.2) is 0 Å². The van der Waals surface area contributed by atoms with Crippen LogP contribution in [0.15, 0.2) is 0 Å². The molecule has 1 unspecified atom stereocenters. The Hall–Kier alpha value is -0.860. The lowest BCUT2D eigenvalue weighted by atomic mass is 9.83. The number of hydrogen-bond donors (Lipinski definition) is 2. The molecule has 2 N–H and O–H groups in total. The molecule has 0 saturated carbocycles. The first-order valence-electron chi connectivity index (χ1n) is 6.54. The minimum absolute atomic E-state index is 0.0776. The summed E-state index contributed by atoms with van der Waals surface area (Å²) in [7, 11) is 1.66. The van der Waals surface area contributed by atoms with Gasteiger partial charge in [0.2, 0.25) is 0 Å². The maximum absolute atomic E-state index is 12.5. The summed E-state index contributed by atoms with van der Waals surface area (Å²) in [5.41, 5.74) is -1.04. The van der Waals surface area contributed by atoms with Crippen LogP contribution in [0.3, 0.4) is 0 Å². The molecule has 0 aromatic carbocycles. The van der Waals surface area contributed by atoms with Crippen molar-refractivity contribution in [1.82, 2.24) is 10.2 Å². The molecule has 1 rings (SSSR count). The number of carbonyl (C=O) groups is 1. The molecule has 5 nitrogen and oxygen atoms in total. The van der Waals surface area contributed by atoms with Gasteiger partial charge in [0.15, 0.2) is 0 Å². The summed E-state index contributed by atoms with van der Waals surface area (Å²) in [6.07, 6.45) is -3.76. The Morgan fingerprint density at radius 3 is 2.60 bits per heavy atom. The molecule has 1 fully saturated rings. The van der Waals surface area contributed by atoms with E-state index in [4.69, 9.17) is 4.74 Å². The molecule has 0 aliphatic carbocycles. The van der Waals surface area contributed by atoms with Gasteiger partial charge in [-0.15, -0.1) is 0 Å². The highest BCUT2D eigenvalue weighted by Gasteiger charge is 2.43. The number of nitrogens with one attached hydrogen (secondary N) is 1. The van der Waals surface area contributed by atoms with Crippen LogP contribution >= 0.6 is 0 Å². The molecule has 0 aromatic rings. The highest BCUT2D eigenvalue weighted by atomic mass is 19.4. The van der Waals surface area contributed by atoms with E-state index in [9.17, 15) is 23.1 Å². The Morgan fingerprint density at radius 2 is 2.15 bits per heavy atom. The van der Waals surface area contributed by atoms with Gasteiger partial charge in [-0.1, -0.05) is 0 Å². The largest absolute Gasteiger partial charge is 0.481 e. The molecular weight excluding hydrogens is 277 g/mol. The zero-order valence-corrected chi connectivity index (χ0v) is 11.5. The van der Waals surface area contributed by atoms with Crippen molar-refractivity contribution in [1.29, 1.82) is 0 Å². The average Bonchev–Trinajstić information content (AvgIpc) is 2.81. The third-order valence-electron chi connectivity index (χ3n) is 3.54. The third kappa shape index (κ3) is 5.26. The second-order valence-electron chi connectivity index (χ2n) is 5.13. The Balaban J connectivity index is 2.57. The quantitative estimate of drug-likeness (QED) is 0.699. The molecule has 0 radical (unpaired) electrons. The topological polar surface area (TPSA) is 61.8 Å². The fraction of sp³-hybridized carbons (Fsp3) is 0.917. The highest BCUT2D eigenvalue weighted by Crippen LogP contribution is 2.33. The molecule has 1 aliphatic heterocycles. The summed E-state index contributed by atoms with van der Waals surface area (Å²) in [4.78, 5) is 12.5. The fourth-order valence-electron chi connectivity index (χ4n) is 2.25. The average molecular weight is 298 g/mol. The molecule has 0 amide bonds. The van der Waals surface area contributed by atoms with Crippen molar-refractivity contribution in [3.8, 4) is 0 Å². The van der Waals surface area contributed by atoms with E-state index in [0.29, 0.717) is 19.6 Å². The van der Waals surface area contributed by atoms with Crippen LogP contribution in [0.1, 0.15) is 12.8 Å². The van der Waals surface area contributed by atoms with Crippen molar-refractivity contribution in [3.63, 3.8) is 0 Å². The number of halogens is 3. The van der Waals surface area contributed by atoms with E-state index in [0.717, 1.165) is 0 Å². The molecule has 1 aliphatic rings. The first kappa shape index (κ1) is 17.2. The highest BCUT2D eigenvalue weighted by molar-refractivity contribution is 5.75.